The average molecular weight is 472 g/mol. The Bertz CT molecular complexity index is 1130. The number of benzene rings is 2. The van der Waals surface area contributed by atoms with Gasteiger partial charge in [0, 0.05) is 6.07 Å². The van der Waals surface area contributed by atoms with Gasteiger partial charge in [0.25, 0.3) is 0 Å². The molecule has 1 atom stereocenters. The molecule has 2 aromatic carbocycles. The van der Waals surface area contributed by atoms with Crippen molar-refractivity contribution in [1.82, 2.24) is 0 Å². The van der Waals surface area contributed by atoms with Crippen LogP contribution in [0, 0.1) is 10.1 Å². The smallest absolute Gasteiger partial charge is 0.324 e. The summed E-state index contributed by atoms with van der Waals surface area (Å²) in [6.07, 6.45) is 3.46. The van der Waals surface area contributed by atoms with Crippen LogP contribution in [0.15, 0.2) is 42.5 Å². The summed E-state index contributed by atoms with van der Waals surface area (Å²) in [4.78, 5) is 11.3. The molecule has 174 valence electrons. The minimum atomic E-state index is -0.407. The molecular formula is C24H25NO7S. The molecule has 0 radical (unpaired) electrons. The molecule has 3 rings (SSSR count). The normalized spacial score (nSPS) is 11.8. The maximum Gasteiger partial charge on any atom is 0.324 e. The van der Waals surface area contributed by atoms with Crippen LogP contribution in [0.3, 0.4) is 0 Å². The summed E-state index contributed by atoms with van der Waals surface area (Å²) in [5.41, 5.74) is 1.74. The number of nitrogens with zero attached hydrogens (tertiary/aromatic N) is 1. The van der Waals surface area contributed by atoms with Crippen molar-refractivity contribution in [2.75, 3.05) is 28.4 Å². The molecule has 0 spiro atoms. The van der Waals surface area contributed by atoms with Gasteiger partial charge in [-0.05, 0) is 48.4 Å². The third-order valence-electron chi connectivity index (χ3n) is 4.84. The molecule has 3 aromatic rings. The van der Waals surface area contributed by atoms with Crippen molar-refractivity contribution in [3.05, 3.63) is 68.6 Å². The molecule has 0 saturated heterocycles. The lowest BCUT2D eigenvalue weighted by molar-refractivity contribution is -0.380. The minimum absolute atomic E-state index is 0.0782. The van der Waals surface area contributed by atoms with E-state index in [2.05, 4.69) is 0 Å². The van der Waals surface area contributed by atoms with Crippen LogP contribution >= 0.6 is 11.3 Å². The molecule has 8 nitrogen and oxygen atoms in total. The Balaban J connectivity index is 1.86. The fraction of sp³-hybridized carbons (Fsp3) is 0.250. The highest BCUT2D eigenvalue weighted by molar-refractivity contribution is 7.15. The highest BCUT2D eigenvalue weighted by Crippen LogP contribution is 2.39. The van der Waals surface area contributed by atoms with Crippen LogP contribution in [-0.4, -0.2) is 33.4 Å². The average Bonchev–Trinajstić information content (AvgIpc) is 3.33. The minimum Gasteiger partial charge on any atom is -0.493 e. The summed E-state index contributed by atoms with van der Waals surface area (Å²) < 4.78 is 27.7. The summed E-state index contributed by atoms with van der Waals surface area (Å²) in [5, 5.41) is 11.0. The van der Waals surface area contributed by atoms with E-state index < -0.39 is 4.92 Å². The molecule has 33 heavy (non-hydrogen) atoms. The fourth-order valence-corrected chi connectivity index (χ4v) is 3.99. The predicted octanol–water partition coefficient (Wildman–Crippen LogP) is 6.00. The van der Waals surface area contributed by atoms with Gasteiger partial charge in [0.15, 0.2) is 23.0 Å². The molecule has 0 aliphatic rings. The number of hydrogen-bond acceptors (Lipinski definition) is 8. The first-order valence-corrected chi connectivity index (χ1v) is 10.8. The fourth-order valence-electron chi connectivity index (χ4n) is 3.19. The first-order chi connectivity index (χ1) is 15.9. The number of nitro groups is 1. The van der Waals surface area contributed by atoms with Gasteiger partial charge in [0.05, 0.1) is 38.2 Å². The van der Waals surface area contributed by atoms with Crippen molar-refractivity contribution in [1.29, 1.82) is 0 Å². The second kappa shape index (κ2) is 10.7. The lowest BCUT2D eigenvalue weighted by atomic mass is 10.1. The van der Waals surface area contributed by atoms with Gasteiger partial charge < -0.3 is 23.7 Å². The Morgan fingerprint density at radius 1 is 0.818 bits per heavy atom. The van der Waals surface area contributed by atoms with Gasteiger partial charge in [-0.25, -0.2) is 0 Å². The lowest BCUT2D eigenvalue weighted by Gasteiger charge is -2.16. The zero-order valence-electron chi connectivity index (χ0n) is 19.0. The molecule has 0 aliphatic carbocycles. The summed E-state index contributed by atoms with van der Waals surface area (Å²) >= 11 is 1.09. The van der Waals surface area contributed by atoms with Crippen molar-refractivity contribution in [2.45, 2.75) is 13.0 Å². The van der Waals surface area contributed by atoms with Crippen molar-refractivity contribution in [3.63, 3.8) is 0 Å². The summed E-state index contributed by atoms with van der Waals surface area (Å²) in [7, 11) is 6.26. The molecule has 0 aliphatic heterocycles. The van der Waals surface area contributed by atoms with E-state index in [0.29, 0.717) is 28.7 Å². The van der Waals surface area contributed by atoms with E-state index in [1.165, 1.54) is 6.07 Å². The van der Waals surface area contributed by atoms with Gasteiger partial charge in [0.2, 0.25) is 5.75 Å². The highest BCUT2D eigenvalue weighted by Gasteiger charge is 2.18. The van der Waals surface area contributed by atoms with Crippen LogP contribution in [-0.2, 0) is 0 Å². The quantitative estimate of drug-likeness (QED) is 0.203. The van der Waals surface area contributed by atoms with Crippen LogP contribution in [0.25, 0.3) is 12.2 Å². The first kappa shape index (κ1) is 23.9. The van der Waals surface area contributed by atoms with E-state index in [9.17, 15) is 10.1 Å². The maximum absolute atomic E-state index is 11.0. The monoisotopic (exact) mass is 471 g/mol. The molecule has 0 bridgehead atoms. The summed E-state index contributed by atoms with van der Waals surface area (Å²) in [6.45, 7) is 1.84. The van der Waals surface area contributed by atoms with Gasteiger partial charge in [-0.15, -0.1) is 0 Å². The maximum atomic E-state index is 11.0. The molecule has 9 heteroatoms. The number of thiophene rings is 1. The molecule has 0 saturated carbocycles. The highest BCUT2D eigenvalue weighted by atomic mass is 32.1. The number of ether oxygens (including phenoxy) is 5. The van der Waals surface area contributed by atoms with E-state index in [-0.39, 0.29) is 11.1 Å². The van der Waals surface area contributed by atoms with Crippen LogP contribution in [0.5, 0.6) is 28.7 Å². The second-order valence-corrected chi connectivity index (χ2v) is 7.99. The largest absolute Gasteiger partial charge is 0.493 e. The van der Waals surface area contributed by atoms with Gasteiger partial charge in [-0.1, -0.05) is 29.6 Å². The van der Waals surface area contributed by atoms with Crippen LogP contribution in [0.4, 0.5) is 5.00 Å². The van der Waals surface area contributed by atoms with Crippen LogP contribution < -0.4 is 23.7 Å². The topological polar surface area (TPSA) is 89.3 Å². The zero-order valence-corrected chi connectivity index (χ0v) is 19.8. The molecule has 0 amide bonds. The van der Waals surface area contributed by atoms with Gasteiger partial charge in [0.1, 0.15) is 6.10 Å². The molecule has 0 N–H and O–H groups in total. The van der Waals surface area contributed by atoms with Gasteiger partial charge in [-0.2, -0.15) is 0 Å². The molecule has 1 unspecified atom stereocenters. The van der Waals surface area contributed by atoms with E-state index >= 15 is 0 Å². The van der Waals surface area contributed by atoms with E-state index in [1.54, 1.807) is 34.5 Å². The number of methoxy groups -OCH3 is 4. The zero-order chi connectivity index (χ0) is 24.0. The SMILES string of the molecule is COc1ccc(C=Cc2cc(OC)c(OC)c(OC)c2)cc1OC(C)c1ccc([N+](=O)[O-])s1. The second-order valence-electron chi connectivity index (χ2n) is 6.90. The molecular weight excluding hydrogens is 446 g/mol. The Hall–Kier alpha value is -3.72. The first-order valence-electron chi connectivity index (χ1n) is 9.97. The van der Waals surface area contributed by atoms with E-state index in [1.807, 2.05) is 49.4 Å². The Morgan fingerprint density at radius 3 is 1.97 bits per heavy atom. The van der Waals surface area contributed by atoms with Crippen molar-refractivity contribution >= 4 is 28.5 Å². The van der Waals surface area contributed by atoms with Crippen LogP contribution in [0.1, 0.15) is 29.0 Å². The Morgan fingerprint density at radius 2 is 1.42 bits per heavy atom. The molecule has 1 aromatic heterocycles. The third kappa shape index (κ3) is 5.56. The van der Waals surface area contributed by atoms with Gasteiger partial charge >= 0.3 is 5.00 Å². The van der Waals surface area contributed by atoms with Crippen molar-refractivity contribution < 1.29 is 28.6 Å². The van der Waals surface area contributed by atoms with E-state index in [4.69, 9.17) is 23.7 Å². The summed E-state index contributed by atoms with van der Waals surface area (Å²) in [5.74, 6) is 2.76. The third-order valence-corrected chi connectivity index (χ3v) is 6.04. The Kier molecular flexibility index (Phi) is 7.78. The van der Waals surface area contributed by atoms with E-state index in [0.717, 1.165) is 27.3 Å². The Labute approximate surface area is 196 Å². The standard InChI is InChI=1S/C24H25NO7S/c1-15(22-10-11-23(33-22)25(26)27)32-19-12-16(8-9-18(19)28-2)6-7-17-13-20(29-3)24(31-5)21(14-17)30-4/h6-15H,1-5H3. The predicted molar refractivity (Wildman–Crippen MR) is 128 cm³/mol. The molecule has 0 fully saturated rings. The number of rotatable bonds is 10. The number of hydrogen-bond donors (Lipinski definition) is 0. The lowest BCUT2D eigenvalue weighted by Crippen LogP contribution is -2.02. The van der Waals surface area contributed by atoms with Crippen LogP contribution in [0.2, 0.25) is 0 Å². The van der Waals surface area contributed by atoms with Gasteiger partial charge in [-0.3, -0.25) is 10.1 Å². The van der Waals surface area contributed by atoms with Crippen molar-refractivity contribution in [3.8, 4) is 28.7 Å². The molecule has 1 heterocycles. The van der Waals surface area contributed by atoms with Crippen molar-refractivity contribution in [2.24, 2.45) is 0 Å². The summed E-state index contributed by atoms with van der Waals surface area (Å²) in [6, 6.07) is 12.5.